The van der Waals surface area contributed by atoms with Crippen LogP contribution < -0.4 is 4.90 Å². The fraction of sp³-hybridized carbons (Fsp3) is 0.130. The number of benzene rings is 2. The smallest absolute Gasteiger partial charge is 0.294 e. The number of phenols is 1. The molecule has 1 amide bonds. The molecular formula is C23H18ClNO5. The Morgan fingerprint density at radius 3 is 2.47 bits per heavy atom. The SMILES string of the molecule is Cc1ccc(N2C(=O)C(O)=C(C(=O)c3ccco3)C2c2ccc(O)c(Cl)c2)cc1C. The van der Waals surface area contributed by atoms with Crippen molar-refractivity contribution < 1.29 is 24.2 Å². The fourth-order valence-electron chi connectivity index (χ4n) is 3.53. The first-order valence-corrected chi connectivity index (χ1v) is 9.58. The Balaban J connectivity index is 1.91. The Morgan fingerprint density at radius 2 is 1.83 bits per heavy atom. The highest BCUT2D eigenvalue weighted by molar-refractivity contribution is 6.32. The van der Waals surface area contributed by atoms with Crippen molar-refractivity contribution in [3.63, 3.8) is 0 Å². The molecular weight excluding hydrogens is 406 g/mol. The first kappa shape index (κ1) is 19.8. The van der Waals surface area contributed by atoms with Gasteiger partial charge in [0.05, 0.1) is 22.9 Å². The molecule has 0 aliphatic carbocycles. The van der Waals surface area contributed by atoms with Crippen LogP contribution in [0.15, 0.2) is 70.5 Å². The lowest BCUT2D eigenvalue weighted by molar-refractivity contribution is -0.117. The Bertz CT molecular complexity index is 1200. The maximum Gasteiger partial charge on any atom is 0.294 e. The van der Waals surface area contributed by atoms with Gasteiger partial charge in [0.1, 0.15) is 5.75 Å². The molecule has 0 fully saturated rings. The number of aromatic hydroxyl groups is 1. The lowest BCUT2D eigenvalue weighted by Gasteiger charge is -2.27. The van der Waals surface area contributed by atoms with E-state index in [9.17, 15) is 19.8 Å². The van der Waals surface area contributed by atoms with E-state index in [-0.39, 0.29) is 22.1 Å². The number of carbonyl (C=O) groups is 2. The Morgan fingerprint density at radius 1 is 1.07 bits per heavy atom. The summed E-state index contributed by atoms with van der Waals surface area (Å²) in [5.41, 5.74) is 2.86. The lowest BCUT2D eigenvalue weighted by Crippen LogP contribution is -2.31. The molecule has 0 saturated heterocycles. The summed E-state index contributed by atoms with van der Waals surface area (Å²) in [5.74, 6) is -2.09. The molecule has 2 heterocycles. The van der Waals surface area contributed by atoms with E-state index in [1.807, 2.05) is 26.0 Å². The van der Waals surface area contributed by atoms with E-state index in [2.05, 4.69) is 0 Å². The predicted octanol–water partition coefficient (Wildman–Crippen LogP) is 5.04. The van der Waals surface area contributed by atoms with E-state index in [1.54, 1.807) is 18.2 Å². The van der Waals surface area contributed by atoms with Crippen LogP contribution in [0.25, 0.3) is 0 Å². The number of aryl methyl sites for hydroxylation is 2. The van der Waals surface area contributed by atoms with E-state index in [0.29, 0.717) is 11.3 Å². The number of rotatable bonds is 4. The average molecular weight is 424 g/mol. The van der Waals surface area contributed by atoms with E-state index in [0.717, 1.165) is 11.1 Å². The quantitative estimate of drug-likeness (QED) is 0.574. The van der Waals surface area contributed by atoms with E-state index in [1.165, 1.54) is 29.4 Å². The molecule has 1 aromatic heterocycles. The van der Waals surface area contributed by atoms with Gasteiger partial charge >= 0.3 is 0 Å². The number of amides is 1. The highest BCUT2D eigenvalue weighted by Gasteiger charge is 2.45. The van der Waals surface area contributed by atoms with Crippen LogP contribution >= 0.6 is 11.6 Å². The highest BCUT2D eigenvalue weighted by atomic mass is 35.5. The third-order valence-corrected chi connectivity index (χ3v) is 5.56. The Hall–Kier alpha value is -3.51. The largest absolute Gasteiger partial charge is 0.506 e. The van der Waals surface area contributed by atoms with Crippen molar-refractivity contribution in [3.05, 3.63) is 93.6 Å². The van der Waals surface area contributed by atoms with Gasteiger partial charge in [0, 0.05) is 5.69 Å². The molecule has 0 radical (unpaired) electrons. The van der Waals surface area contributed by atoms with Crippen LogP contribution in [-0.2, 0) is 4.79 Å². The molecule has 0 spiro atoms. The molecule has 3 aromatic rings. The number of Topliss-reactive ketones (excluding diaryl/α,β-unsaturated/α-hetero) is 1. The van der Waals surface area contributed by atoms with Crippen molar-refractivity contribution in [1.29, 1.82) is 0 Å². The molecule has 2 aromatic carbocycles. The minimum atomic E-state index is -0.949. The summed E-state index contributed by atoms with van der Waals surface area (Å²) in [6, 6.07) is 11.9. The van der Waals surface area contributed by atoms with Gasteiger partial charge in [-0.1, -0.05) is 23.7 Å². The zero-order valence-electron chi connectivity index (χ0n) is 16.2. The standard InChI is InChI=1S/C23H18ClNO5/c1-12-5-7-15(10-13(12)2)25-20(14-6-8-17(26)16(24)11-14)19(22(28)23(25)29)21(27)18-4-3-9-30-18/h3-11,20,26,28H,1-2H3. The molecule has 6 nitrogen and oxygen atoms in total. The first-order valence-electron chi connectivity index (χ1n) is 9.20. The number of carbonyl (C=O) groups excluding carboxylic acids is 2. The van der Waals surface area contributed by atoms with Crippen molar-refractivity contribution in [1.82, 2.24) is 0 Å². The van der Waals surface area contributed by atoms with Crippen LogP contribution in [0.5, 0.6) is 5.75 Å². The van der Waals surface area contributed by atoms with Gasteiger partial charge < -0.3 is 14.6 Å². The molecule has 2 N–H and O–H groups in total. The van der Waals surface area contributed by atoms with Gasteiger partial charge in [0.15, 0.2) is 11.5 Å². The predicted molar refractivity (Wildman–Crippen MR) is 112 cm³/mol. The third-order valence-electron chi connectivity index (χ3n) is 5.25. The average Bonchev–Trinajstić information content (AvgIpc) is 3.34. The van der Waals surface area contributed by atoms with Gasteiger partial charge in [0.25, 0.3) is 5.91 Å². The van der Waals surface area contributed by atoms with Crippen LogP contribution in [0, 0.1) is 13.8 Å². The van der Waals surface area contributed by atoms with Crippen molar-refractivity contribution >= 4 is 29.0 Å². The second-order valence-electron chi connectivity index (χ2n) is 7.13. The number of hydrogen-bond donors (Lipinski definition) is 2. The van der Waals surface area contributed by atoms with Crippen LogP contribution in [0.1, 0.15) is 33.3 Å². The molecule has 1 aliphatic heterocycles. The molecule has 0 bridgehead atoms. The van der Waals surface area contributed by atoms with Crippen LogP contribution in [0.4, 0.5) is 5.69 Å². The first-order chi connectivity index (χ1) is 14.3. The van der Waals surface area contributed by atoms with Crippen molar-refractivity contribution in [2.75, 3.05) is 4.90 Å². The van der Waals surface area contributed by atoms with Gasteiger partial charge in [-0.05, 0) is 66.9 Å². The summed E-state index contributed by atoms with van der Waals surface area (Å²) in [6.07, 6.45) is 1.34. The highest BCUT2D eigenvalue weighted by Crippen LogP contribution is 2.43. The molecule has 1 aliphatic rings. The van der Waals surface area contributed by atoms with Crippen molar-refractivity contribution in [2.45, 2.75) is 19.9 Å². The molecule has 7 heteroatoms. The topological polar surface area (TPSA) is 91.0 Å². The molecule has 1 unspecified atom stereocenters. The summed E-state index contributed by atoms with van der Waals surface area (Å²) < 4.78 is 5.20. The number of halogens is 1. The van der Waals surface area contributed by atoms with Crippen molar-refractivity contribution in [2.24, 2.45) is 0 Å². The van der Waals surface area contributed by atoms with E-state index < -0.39 is 23.5 Å². The second-order valence-corrected chi connectivity index (χ2v) is 7.53. The van der Waals surface area contributed by atoms with Gasteiger partial charge in [-0.2, -0.15) is 0 Å². The maximum atomic E-state index is 13.1. The van der Waals surface area contributed by atoms with Crippen molar-refractivity contribution in [3.8, 4) is 5.75 Å². The monoisotopic (exact) mass is 423 g/mol. The van der Waals surface area contributed by atoms with Crippen LogP contribution in [0.3, 0.4) is 0 Å². The third kappa shape index (κ3) is 3.15. The zero-order chi connectivity index (χ0) is 21.6. The summed E-state index contributed by atoms with van der Waals surface area (Å²) in [5, 5.41) is 20.6. The fourth-order valence-corrected chi connectivity index (χ4v) is 3.72. The summed E-state index contributed by atoms with van der Waals surface area (Å²) in [7, 11) is 0. The molecule has 152 valence electrons. The van der Waals surface area contributed by atoms with E-state index in [4.69, 9.17) is 16.0 Å². The van der Waals surface area contributed by atoms with Gasteiger partial charge in [-0.15, -0.1) is 0 Å². The maximum absolute atomic E-state index is 13.1. The number of aliphatic hydroxyl groups is 1. The normalized spacial score (nSPS) is 16.4. The second kappa shape index (κ2) is 7.39. The minimum Gasteiger partial charge on any atom is -0.506 e. The molecule has 0 saturated carbocycles. The summed E-state index contributed by atoms with van der Waals surface area (Å²) in [6.45, 7) is 3.86. The molecule has 1 atom stereocenters. The number of furan rings is 1. The van der Waals surface area contributed by atoms with Gasteiger partial charge in [-0.25, -0.2) is 0 Å². The summed E-state index contributed by atoms with van der Waals surface area (Å²) in [4.78, 5) is 27.5. The number of anilines is 1. The van der Waals surface area contributed by atoms with Gasteiger partial charge in [0.2, 0.25) is 5.78 Å². The van der Waals surface area contributed by atoms with E-state index >= 15 is 0 Å². The van der Waals surface area contributed by atoms with Crippen LogP contribution in [0.2, 0.25) is 5.02 Å². The van der Waals surface area contributed by atoms with Gasteiger partial charge in [-0.3, -0.25) is 14.5 Å². The minimum absolute atomic E-state index is 0.00108. The zero-order valence-corrected chi connectivity index (χ0v) is 17.0. The lowest BCUT2D eigenvalue weighted by atomic mass is 9.94. The Labute approximate surface area is 177 Å². The number of hydrogen-bond acceptors (Lipinski definition) is 5. The molecule has 4 rings (SSSR count). The van der Waals surface area contributed by atoms with Crippen LogP contribution in [-0.4, -0.2) is 21.9 Å². The number of phenolic OH excluding ortho intramolecular Hbond substituents is 1. The Kier molecular flexibility index (Phi) is 4.87. The molecule has 30 heavy (non-hydrogen) atoms. The number of ketones is 1. The number of nitrogens with zero attached hydrogens (tertiary/aromatic N) is 1. The summed E-state index contributed by atoms with van der Waals surface area (Å²) >= 11 is 6.10. The number of aliphatic hydroxyl groups excluding tert-OH is 1.